The molecule has 4 nitrogen and oxygen atoms in total. The predicted molar refractivity (Wildman–Crippen MR) is 76.3 cm³/mol. The number of hydrogen-bond acceptors (Lipinski definition) is 3. The minimum absolute atomic E-state index is 0.116. The highest BCUT2D eigenvalue weighted by Crippen LogP contribution is 2.25. The molecule has 0 bridgehead atoms. The Hall–Kier alpha value is -1.53. The first-order valence-electron chi connectivity index (χ1n) is 7.16. The third kappa shape index (κ3) is 2.78. The van der Waals surface area contributed by atoms with Gasteiger partial charge in [0.25, 0.3) is 0 Å². The maximum Gasteiger partial charge on any atom is 0.320 e. The zero-order chi connectivity index (χ0) is 15.0. The number of nitrogens with zero attached hydrogens (tertiary/aromatic N) is 3. The molecule has 2 heterocycles. The Bertz CT molecular complexity index is 628. The lowest BCUT2D eigenvalue weighted by atomic mass is 10.2. The molecule has 21 heavy (non-hydrogen) atoms. The van der Waals surface area contributed by atoms with Gasteiger partial charge >= 0.3 is 6.55 Å². The van der Waals surface area contributed by atoms with E-state index in [1.165, 1.54) is 0 Å². The molecule has 6 heteroatoms. The number of para-hydroxylation sites is 2. The van der Waals surface area contributed by atoms with Crippen LogP contribution in [0.5, 0.6) is 0 Å². The van der Waals surface area contributed by atoms with E-state index in [1.54, 1.807) is 18.2 Å². The van der Waals surface area contributed by atoms with Crippen LogP contribution >= 0.6 is 0 Å². The minimum atomic E-state index is -2.58. The van der Waals surface area contributed by atoms with Crippen LogP contribution in [0.4, 0.5) is 8.78 Å². The molecule has 1 fully saturated rings. The van der Waals surface area contributed by atoms with E-state index in [2.05, 4.69) is 9.88 Å². The second kappa shape index (κ2) is 5.69. The van der Waals surface area contributed by atoms with E-state index in [0.29, 0.717) is 30.0 Å². The highest BCUT2D eigenvalue weighted by molar-refractivity contribution is 5.75. The Kier molecular flexibility index (Phi) is 3.91. The highest BCUT2D eigenvalue weighted by atomic mass is 19.3. The van der Waals surface area contributed by atoms with Gasteiger partial charge in [-0.25, -0.2) is 4.98 Å². The van der Waals surface area contributed by atoms with Crippen LogP contribution in [-0.4, -0.2) is 39.7 Å². The number of hydrogen-bond donors (Lipinski definition) is 0. The zero-order valence-corrected chi connectivity index (χ0v) is 12.2. The molecule has 0 N–H and O–H groups in total. The summed E-state index contributed by atoms with van der Waals surface area (Å²) in [6.45, 7) is 3.22. The first-order valence-corrected chi connectivity index (χ1v) is 7.16. The third-order valence-corrected chi connectivity index (χ3v) is 3.95. The van der Waals surface area contributed by atoms with Crippen LogP contribution in [-0.2, 0) is 11.3 Å². The number of ether oxygens (including phenoxy) is 1. The Labute approximate surface area is 122 Å². The molecule has 0 amide bonds. The van der Waals surface area contributed by atoms with Crippen molar-refractivity contribution in [2.24, 2.45) is 0 Å². The third-order valence-electron chi connectivity index (χ3n) is 3.95. The number of rotatable bonds is 3. The summed E-state index contributed by atoms with van der Waals surface area (Å²) >= 11 is 0. The summed E-state index contributed by atoms with van der Waals surface area (Å²) in [5, 5.41) is 0. The molecule has 0 aliphatic carbocycles. The van der Waals surface area contributed by atoms with Crippen molar-refractivity contribution >= 4 is 11.0 Å². The summed E-state index contributed by atoms with van der Waals surface area (Å²) in [6.07, 6.45) is 0.116. The maximum absolute atomic E-state index is 13.4. The lowest BCUT2D eigenvalue weighted by Gasteiger charge is -2.36. The fourth-order valence-electron chi connectivity index (χ4n) is 2.80. The van der Waals surface area contributed by atoms with Crippen LogP contribution in [0.15, 0.2) is 24.3 Å². The van der Waals surface area contributed by atoms with E-state index in [4.69, 9.17) is 4.74 Å². The van der Waals surface area contributed by atoms with Gasteiger partial charge < -0.3 is 4.74 Å². The molecule has 3 rings (SSSR count). The Morgan fingerprint density at radius 3 is 2.86 bits per heavy atom. The minimum Gasteiger partial charge on any atom is -0.376 e. The molecular weight excluding hydrogens is 276 g/mol. The fourth-order valence-corrected chi connectivity index (χ4v) is 2.80. The molecule has 1 aromatic carbocycles. The highest BCUT2D eigenvalue weighted by Gasteiger charge is 2.26. The van der Waals surface area contributed by atoms with Gasteiger partial charge in [-0.15, -0.1) is 0 Å². The van der Waals surface area contributed by atoms with Gasteiger partial charge in [0.15, 0.2) is 0 Å². The van der Waals surface area contributed by atoms with Gasteiger partial charge in [-0.05, 0) is 26.0 Å². The van der Waals surface area contributed by atoms with Crippen molar-refractivity contribution in [2.75, 3.05) is 13.2 Å². The second-order valence-electron chi connectivity index (χ2n) is 5.59. The number of aromatic nitrogens is 2. The molecule has 2 aromatic rings. The largest absolute Gasteiger partial charge is 0.376 e. The van der Waals surface area contributed by atoms with E-state index in [-0.39, 0.29) is 12.1 Å². The van der Waals surface area contributed by atoms with Gasteiger partial charge in [-0.2, -0.15) is 8.78 Å². The summed E-state index contributed by atoms with van der Waals surface area (Å²) in [5.41, 5.74) is 1.10. The summed E-state index contributed by atoms with van der Waals surface area (Å²) in [4.78, 5) is 6.54. The van der Waals surface area contributed by atoms with Crippen LogP contribution in [0, 0.1) is 0 Å². The molecule has 0 spiro atoms. The lowest BCUT2D eigenvalue weighted by Crippen LogP contribution is -2.47. The monoisotopic (exact) mass is 295 g/mol. The van der Waals surface area contributed by atoms with Crippen LogP contribution in [0.2, 0.25) is 0 Å². The van der Waals surface area contributed by atoms with Crippen molar-refractivity contribution in [3.05, 3.63) is 30.1 Å². The second-order valence-corrected chi connectivity index (χ2v) is 5.59. The van der Waals surface area contributed by atoms with Crippen molar-refractivity contribution in [3.63, 3.8) is 0 Å². The molecule has 1 aromatic heterocycles. The molecule has 0 saturated carbocycles. The molecule has 0 radical (unpaired) electrons. The first kappa shape index (κ1) is 14.4. The average Bonchev–Trinajstić information content (AvgIpc) is 2.80. The molecule has 1 saturated heterocycles. The summed E-state index contributed by atoms with van der Waals surface area (Å²) in [7, 11) is 0. The van der Waals surface area contributed by atoms with Crippen molar-refractivity contribution in [2.45, 2.75) is 39.1 Å². The van der Waals surface area contributed by atoms with Gasteiger partial charge in [-0.3, -0.25) is 9.47 Å². The summed E-state index contributed by atoms with van der Waals surface area (Å²) in [5.74, 6) is 0.409. The molecular formula is C15H19F2N3O. The van der Waals surface area contributed by atoms with E-state index in [0.717, 1.165) is 11.1 Å². The molecule has 2 atom stereocenters. The summed E-state index contributed by atoms with van der Waals surface area (Å²) < 4.78 is 33.4. The Morgan fingerprint density at radius 2 is 2.10 bits per heavy atom. The van der Waals surface area contributed by atoms with Crippen molar-refractivity contribution in [1.29, 1.82) is 0 Å². The number of morpholine rings is 1. The Balaban J connectivity index is 1.94. The van der Waals surface area contributed by atoms with Crippen LogP contribution in [0.3, 0.4) is 0 Å². The predicted octanol–water partition coefficient (Wildman–Crippen LogP) is 3.04. The van der Waals surface area contributed by atoms with Gasteiger partial charge in [0.05, 0.1) is 30.3 Å². The lowest BCUT2D eigenvalue weighted by molar-refractivity contribution is -0.0548. The van der Waals surface area contributed by atoms with Crippen molar-refractivity contribution in [1.82, 2.24) is 14.5 Å². The molecule has 0 unspecified atom stereocenters. The van der Waals surface area contributed by atoms with Crippen LogP contribution in [0.1, 0.15) is 26.2 Å². The van der Waals surface area contributed by atoms with Crippen LogP contribution < -0.4 is 0 Å². The topological polar surface area (TPSA) is 30.3 Å². The van der Waals surface area contributed by atoms with E-state index in [9.17, 15) is 8.78 Å². The molecule has 1 aliphatic rings. The SMILES string of the molecule is C[C@@H]1CO[C@@H](C)CN1Cc1nc2ccccc2n1C(F)F. The van der Waals surface area contributed by atoms with Gasteiger partial charge in [0.1, 0.15) is 5.82 Å². The Morgan fingerprint density at radius 1 is 1.33 bits per heavy atom. The van der Waals surface area contributed by atoms with Crippen molar-refractivity contribution in [3.8, 4) is 0 Å². The number of fused-ring (bicyclic) bond motifs is 1. The van der Waals surface area contributed by atoms with E-state index >= 15 is 0 Å². The number of halogens is 2. The van der Waals surface area contributed by atoms with Gasteiger partial charge in [-0.1, -0.05) is 12.1 Å². The normalized spacial score (nSPS) is 24.0. The summed E-state index contributed by atoms with van der Waals surface area (Å²) in [6, 6.07) is 7.22. The molecule has 1 aliphatic heterocycles. The first-order chi connectivity index (χ1) is 10.1. The van der Waals surface area contributed by atoms with Gasteiger partial charge in [0, 0.05) is 12.6 Å². The fraction of sp³-hybridized carbons (Fsp3) is 0.533. The number of imidazole rings is 1. The van der Waals surface area contributed by atoms with E-state index in [1.807, 2.05) is 19.9 Å². The maximum atomic E-state index is 13.4. The van der Waals surface area contributed by atoms with Crippen LogP contribution in [0.25, 0.3) is 11.0 Å². The molecule has 114 valence electrons. The average molecular weight is 295 g/mol. The van der Waals surface area contributed by atoms with Gasteiger partial charge in [0.2, 0.25) is 0 Å². The van der Waals surface area contributed by atoms with E-state index < -0.39 is 6.55 Å². The smallest absolute Gasteiger partial charge is 0.320 e. The number of benzene rings is 1. The zero-order valence-electron chi connectivity index (χ0n) is 12.2. The standard InChI is InChI=1S/C15H19F2N3O/c1-10-9-21-11(2)7-19(10)8-14-18-12-5-3-4-6-13(12)20(14)15(16)17/h3-6,10-11,15H,7-9H2,1-2H3/t10-,11+/m1/s1. The van der Waals surface area contributed by atoms with Crippen molar-refractivity contribution < 1.29 is 13.5 Å². The number of alkyl halides is 2. The quantitative estimate of drug-likeness (QED) is 0.872.